The fraction of sp³-hybridized carbons (Fsp3) is 0.562. The van der Waals surface area contributed by atoms with Crippen LogP contribution in [0.5, 0.6) is 5.75 Å². The zero-order valence-corrected chi connectivity index (χ0v) is 11.9. The standard InChI is InChI=1S/C16H24O3/c1-3-4-6-13(2)7-5-12-19-15-10-8-14(9-11-15)16(17)18/h8-11,13H,3-7,12H2,1-2H3,(H,17,18)/t13-/m0/s1. The maximum atomic E-state index is 10.7. The van der Waals surface area contributed by atoms with E-state index in [4.69, 9.17) is 9.84 Å². The number of ether oxygens (including phenoxy) is 1. The lowest BCUT2D eigenvalue weighted by molar-refractivity contribution is 0.0697. The van der Waals surface area contributed by atoms with Gasteiger partial charge >= 0.3 is 5.97 Å². The molecule has 19 heavy (non-hydrogen) atoms. The molecule has 0 fully saturated rings. The number of carboxylic acid groups (broad SMARTS) is 1. The van der Waals surface area contributed by atoms with E-state index in [1.165, 1.54) is 25.7 Å². The Morgan fingerprint density at radius 3 is 2.42 bits per heavy atom. The third kappa shape index (κ3) is 6.27. The molecule has 0 aliphatic rings. The number of unbranched alkanes of at least 4 members (excludes halogenated alkanes) is 1. The van der Waals surface area contributed by atoms with E-state index < -0.39 is 5.97 Å². The summed E-state index contributed by atoms with van der Waals surface area (Å²) in [7, 11) is 0. The van der Waals surface area contributed by atoms with Crippen LogP contribution in [0.15, 0.2) is 24.3 Å². The van der Waals surface area contributed by atoms with Gasteiger partial charge in [-0.25, -0.2) is 4.79 Å². The van der Waals surface area contributed by atoms with Crippen molar-refractivity contribution in [2.45, 2.75) is 46.0 Å². The van der Waals surface area contributed by atoms with Crippen molar-refractivity contribution < 1.29 is 14.6 Å². The molecule has 0 spiro atoms. The monoisotopic (exact) mass is 264 g/mol. The van der Waals surface area contributed by atoms with Crippen LogP contribution in [0.1, 0.15) is 56.3 Å². The molecular formula is C16H24O3. The molecule has 1 aromatic carbocycles. The lowest BCUT2D eigenvalue weighted by Gasteiger charge is -2.11. The normalized spacial score (nSPS) is 12.1. The van der Waals surface area contributed by atoms with Crippen molar-refractivity contribution in [1.82, 2.24) is 0 Å². The Balaban J connectivity index is 2.20. The summed E-state index contributed by atoms with van der Waals surface area (Å²) in [5, 5.41) is 8.78. The second kappa shape index (κ2) is 8.57. The van der Waals surface area contributed by atoms with E-state index in [0.717, 1.165) is 18.1 Å². The van der Waals surface area contributed by atoms with Crippen molar-refractivity contribution in [3.8, 4) is 5.75 Å². The first-order valence-electron chi connectivity index (χ1n) is 7.09. The Kier molecular flexibility index (Phi) is 7.01. The first-order valence-corrected chi connectivity index (χ1v) is 7.09. The molecule has 0 aromatic heterocycles. The van der Waals surface area contributed by atoms with Gasteiger partial charge in [-0.3, -0.25) is 0 Å². The highest BCUT2D eigenvalue weighted by molar-refractivity contribution is 5.87. The number of carbonyl (C=O) groups is 1. The van der Waals surface area contributed by atoms with Gasteiger partial charge in [0.05, 0.1) is 12.2 Å². The van der Waals surface area contributed by atoms with Crippen molar-refractivity contribution in [3.63, 3.8) is 0 Å². The van der Waals surface area contributed by atoms with Gasteiger partial charge in [0.2, 0.25) is 0 Å². The molecule has 0 unspecified atom stereocenters. The van der Waals surface area contributed by atoms with Crippen molar-refractivity contribution in [1.29, 1.82) is 0 Å². The minimum Gasteiger partial charge on any atom is -0.494 e. The van der Waals surface area contributed by atoms with Gasteiger partial charge in [0, 0.05) is 0 Å². The lowest BCUT2D eigenvalue weighted by Crippen LogP contribution is -2.02. The van der Waals surface area contributed by atoms with Gasteiger partial charge in [-0.1, -0.05) is 33.1 Å². The average molecular weight is 264 g/mol. The summed E-state index contributed by atoms with van der Waals surface area (Å²) in [6, 6.07) is 6.57. The molecule has 0 amide bonds. The molecule has 0 heterocycles. The Morgan fingerprint density at radius 1 is 1.21 bits per heavy atom. The maximum Gasteiger partial charge on any atom is 0.335 e. The number of hydrogen-bond donors (Lipinski definition) is 1. The molecule has 3 heteroatoms. The second-order valence-electron chi connectivity index (χ2n) is 5.07. The molecule has 0 saturated carbocycles. The summed E-state index contributed by atoms with van der Waals surface area (Å²) in [4.78, 5) is 10.7. The van der Waals surface area contributed by atoms with E-state index in [2.05, 4.69) is 13.8 Å². The molecule has 3 nitrogen and oxygen atoms in total. The van der Waals surface area contributed by atoms with E-state index in [0.29, 0.717) is 12.2 Å². The molecule has 1 N–H and O–H groups in total. The molecule has 1 rings (SSSR count). The van der Waals surface area contributed by atoms with E-state index >= 15 is 0 Å². The van der Waals surface area contributed by atoms with Crippen molar-refractivity contribution in [2.75, 3.05) is 6.61 Å². The first kappa shape index (κ1) is 15.5. The Hall–Kier alpha value is -1.51. The smallest absolute Gasteiger partial charge is 0.335 e. The van der Waals surface area contributed by atoms with Crippen LogP contribution in [0.4, 0.5) is 0 Å². The van der Waals surface area contributed by atoms with Crippen LogP contribution in [-0.4, -0.2) is 17.7 Å². The molecule has 1 atom stereocenters. The number of benzene rings is 1. The third-order valence-electron chi connectivity index (χ3n) is 3.26. The van der Waals surface area contributed by atoms with Gasteiger partial charge in [-0.15, -0.1) is 0 Å². The summed E-state index contributed by atoms with van der Waals surface area (Å²) in [6.07, 6.45) is 6.10. The highest BCUT2D eigenvalue weighted by atomic mass is 16.5. The third-order valence-corrected chi connectivity index (χ3v) is 3.26. The van der Waals surface area contributed by atoms with Crippen molar-refractivity contribution >= 4 is 5.97 Å². The Bertz CT molecular complexity index is 370. The summed E-state index contributed by atoms with van der Waals surface area (Å²) < 4.78 is 5.60. The van der Waals surface area contributed by atoms with Crippen LogP contribution in [0, 0.1) is 5.92 Å². The SMILES string of the molecule is CCCC[C@H](C)CCCOc1ccc(C(=O)O)cc1. The minimum atomic E-state index is -0.906. The van der Waals surface area contributed by atoms with Gasteiger partial charge in [-0.05, 0) is 43.0 Å². The largest absolute Gasteiger partial charge is 0.494 e. The van der Waals surface area contributed by atoms with Crippen molar-refractivity contribution in [3.05, 3.63) is 29.8 Å². The number of carboxylic acids is 1. The number of hydrogen-bond acceptors (Lipinski definition) is 2. The highest BCUT2D eigenvalue weighted by Gasteiger charge is 2.03. The Morgan fingerprint density at radius 2 is 1.84 bits per heavy atom. The van der Waals surface area contributed by atoms with Crippen LogP contribution >= 0.6 is 0 Å². The summed E-state index contributed by atoms with van der Waals surface area (Å²) in [5.41, 5.74) is 0.292. The highest BCUT2D eigenvalue weighted by Crippen LogP contribution is 2.16. The van der Waals surface area contributed by atoms with Crippen LogP contribution in [0.2, 0.25) is 0 Å². The molecule has 0 aliphatic carbocycles. The van der Waals surface area contributed by atoms with Crippen LogP contribution in [0.3, 0.4) is 0 Å². The van der Waals surface area contributed by atoms with E-state index in [1.54, 1.807) is 24.3 Å². The minimum absolute atomic E-state index is 0.292. The fourth-order valence-electron chi connectivity index (χ4n) is 2.01. The van der Waals surface area contributed by atoms with E-state index in [9.17, 15) is 4.79 Å². The quantitative estimate of drug-likeness (QED) is 0.674. The first-order chi connectivity index (χ1) is 9.13. The molecule has 0 bridgehead atoms. The average Bonchev–Trinajstić information content (AvgIpc) is 2.41. The van der Waals surface area contributed by atoms with Gasteiger partial charge in [-0.2, -0.15) is 0 Å². The molecule has 106 valence electrons. The molecular weight excluding hydrogens is 240 g/mol. The topological polar surface area (TPSA) is 46.5 Å². The zero-order valence-electron chi connectivity index (χ0n) is 11.9. The maximum absolute atomic E-state index is 10.7. The van der Waals surface area contributed by atoms with E-state index in [1.807, 2.05) is 0 Å². The number of rotatable bonds is 9. The van der Waals surface area contributed by atoms with Crippen molar-refractivity contribution in [2.24, 2.45) is 5.92 Å². The van der Waals surface area contributed by atoms with Gasteiger partial charge in [0.15, 0.2) is 0 Å². The van der Waals surface area contributed by atoms with Gasteiger partial charge < -0.3 is 9.84 Å². The predicted molar refractivity (Wildman–Crippen MR) is 76.8 cm³/mol. The fourth-order valence-corrected chi connectivity index (χ4v) is 2.01. The van der Waals surface area contributed by atoms with Gasteiger partial charge in [0.1, 0.15) is 5.75 Å². The van der Waals surface area contributed by atoms with Crippen LogP contribution in [0.25, 0.3) is 0 Å². The van der Waals surface area contributed by atoms with Crippen LogP contribution < -0.4 is 4.74 Å². The second-order valence-corrected chi connectivity index (χ2v) is 5.07. The molecule has 1 aromatic rings. The molecule has 0 radical (unpaired) electrons. The molecule has 0 aliphatic heterocycles. The summed E-state index contributed by atoms with van der Waals surface area (Å²) in [6.45, 7) is 5.21. The lowest BCUT2D eigenvalue weighted by atomic mass is 9.99. The zero-order chi connectivity index (χ0) is 14.1. The summed E-state index contributed by atoms with van der Waals surface area (Å²) in [5.74, 6) is 0.598. The van der Waals surface area contributed by atoms with E-state index in [-0.39, 0.29) is 0 Å². The Labute approximate surface area is 115 Å². The predicted octanol–water partition coefficient (Wildman–Crippen LogP) is 4.37. The number of aromatic carboxylic acids is 1. The van der Waals surface area contributed by atoms with Gasteiger partial charge in [0.25, 0.3) is 0 Å². The summed E-state index contributed by atoms with van der Waals surface area (Å²) >= 11 is 0. The van der Waals surface area contributed by atoms with Crippen LogP contribution in [-0.2, 0) is 0 Å². The molecule has 0 saturated heterocycles.